The van der Waals surface area contributed by atoms with Crippen molar-refractivity contribution >= 4 is 16.9 Å². The highest BCUT2D eigenvalue weighted by atomic mass is 16.3. The van der Waals surface area contributed by atoms with Gasteiger partial charge in [0.15, 0.2) is 5.65 Å². The van der Waals surface area contributed by atoms with E-state index in [-0.39, 0.29) is 6.61 Å². The summed E-state index contributed by atoms with van der Waals surface area (Å²) >= 11 is 0. The number of fused-ring (bicyclic) bond motifs is 1. The summed E-state index contributed by atoms with van der Waals surface area (Å²) in [5.41, 5.74) is 2.76. The molecule has 0 unspecified atom stereocenters. The monoisotopic (exact) mass is 335 g/mol. The Balaban J connectivity index is 1.52. The van der Waals surface area contributed by atoms with Gasteiger partial charge in [-0.25, -0.2) is 19.3 Å². The Labute approximate surface area is 143 Å². The molecule has 0 bridgehead atoms. The summed E-state index contributed by atoms with van der Waals surface area (Å²) < 4.78 is 3.50. The van der Waals surface area contributed by atoms with Gasteiger partial charge in [0.25, 0.3) is 0 Å². The zero-order valence-electron chi connectivity index (χ0n) is 13.4. The van der Waals surface area contributed by atoms with Gasteiger partial charge >= 0.3 is 0 Å². The number of nitrogens with zero attached hydrogens (tertiary/aromatic N) is 6. The number of aromatic nitrogens is 6. The van der Waals surface area contributed by atoms with Gasteiger partial charge < -0.3 is 10.4 Å². The van der Waals surface area contributed by atoms with Crippen LogP contribution in [-0.2, 0) is 13.1 Å². The lowest BCUT2D eigenvalue weighted by molar-refractivity contribution is 0.271. The molecule has 8 nitrogen and oxygen atoms in total. The number of hydrogen-bond acceptors (Lipinski definition) is 6. The maximum absolute atomic E-state index is 9.09. The number of anilines is 1. The Kier molecular flexibility index (Phi) is 4.09. The molecule has 1 aromatic carbocycles. The quantitative estimate of drug-likeness (QED) is 0.556. The van der Waals surface area contributed by atoms with E-state index >= 15 is 0 Å². The SMILES string of the molecule is OCCn1ncc2c(NCc3cnn(-c4ccccc4)c3)ncnc21. The average Bonchev–Trinajstić information content (AvgIpc) is 3.29. The molecule has 25 heavy (non-hydrogen) atoms. The molecule has 0 spiro atoms. The molecule has 0 fully saturated rings. The first-order valence-corrected chi connectivity index (χ1v) is 7.95. The zero-order valence-corrected chi connectivity index (χ0v) is 13.4. The van der Waals surface area contributed by atoms with Gasteiger partial charge in [0.1, 0.15) is 12.1 Å². The van der Waals surface area contributed by atoms with Crippen LogP contribution in [0.2, 0.25) is 0 Å². The van der Waals surface area contributed by atoms with E-state index in [9.17, 15) is 0 Å². The van der Waals surface area contributed by atoms with E-state index in [2.05, 4.69) is 25.5 Å². The number of nitrogens with one attached hydrogen (secondary N) is 1. The van der Waals surface area contributed by atoms with Crippen molar-refractivity contribution in [2.24, 2.45) is 0 Å². The summed E-state index contributed by atoms with van der Waals surface area (Å²) in [5, 5.41) is 21.8. The van der Waals surface area contributed by atoms with Gasteiger partial charge in [-0.1, -0.05) is 18.2 Å². The fourth-order valence-corrected chi connectivity index (χ4v) is 2.65. The second-order valence-corrected chi connectivity index (χ2v) is 5.53. The number of aliphatic hydroxyl groups excluding tert-OH is 1. The molecule has 4 aromatic rings. The summed E-state index contributed by atoms with van der Waals surface area (Å²) in [5.74, 6) is 0.710. The van der Waals surface area contributed by atoms with Crippen molar-refractivity contribution in [1.82, 2.24) is 29.5 Å². The van der Waals surface area contributed by atoms with Crippen LogP contribution < -0.4 is 5.32 Å². The number of para-hydroxylation sites is 1. The van der Waals surface area contributed by atoms with E-state index < -0.39 is 0 Å². The average molecular weight is 335 g/mol. The zero-order chi connectivity index (χ0) is 17.1. The van der Waals surface area contributed by atoms with Gasteiger partial charge in [-0.3, -0.25) is 0 Å². The molecule has 2 N–H and O–H groups in total. The highest BCUT2D eigenvalue weighted by Crippen LogP contribution is 2.19. The lowest BCUT2D eigenvalue weighted by Gasteiger charge is -2.05. The van der Waals surface area contributed by atoms with Crippen LogP contribution in [0.25, 0.3) is 16.7 Å². The highest BCUT2D eigenvalue weighted by molar-refractivity contribution is 5.86. The first-order chi connectivity index (χ1) is 12.3. The maximum atomic E-state index is 9.09. The van der Waals surface area contributed by atoms with Crippen LogP contribution in [0.5, 0.6) is 0 Å². The van der Waals surface area contributed by atoms with Gasteiger partial charge in [0.2, 0.25) is 0 Å². The number of hydrogen-bond donors (Lipinski definition) is 2. The molecule has 0 saturated carbocycles. The van der Waals surface area contributed by atoms with E-state index in [0.29, 0.717) is 24.6 Å². The van der Waals surface area contributed by atoms with Crippen LogP contribution >= 0.6 is 0 Å². The molecule has 0 aliphatic heterocycles. The second kappa shape index (κ2) is 6.70. The molecule has 0 saturated heterocycles. The van der Waals surface area contributed by atoms with Crippen molar-refractivity contribution in [3.63, 3.8) is 0 Å². The van der Waals surface area contributed by atoms with E-state index in [1.807, 2.05) is 47.4 Å². The summed E-state index contributed by atoms with van der Waals surface area (Å²) in [6.07, 6.45) is 7.01. The van der Waals surface area contributed by atoms with Crippen molar-refractivity contribution < 1.29 is 5.11 Å². The van der Waals surface area contributed by atoms with Crippen LogP contribution in [0, 0.1) is 0 Å². The van der Waals surface area contributed by atoms with E-state index in [1.54, 1.807) is 10.9 Å². The van der Waals surface area contributed by atoms with Gasteiger partial charge in [0, 0.05) is 18.3 Å². The standard InChI is InChI=1S/C17H17N7O/c25-7-6-23-17-15(10-22-23)16(19-12-20-17)18-8-13-9-21-24(11-13)14-4-2-1-3-5-14/h1-5,9-12,25H,6-8H2,(H,18,19,20). The maximum Gasteiger partial charge on any atom is 0.163 e. The predicted octanol–water partition coefficient (Wildman–Crippen LogP) is 1.62. The molecule has 0 atom stereocenters. The Morgan fingerprint density at radius 1 is 1.04 bits per heavy atom. The molecule has 8 heteroatoms. The molecule has 3 heterocycles. The van der Waals surface area contributed by atoms with Crippen molar-refractivity contribution in [2.75, 3.05) is 11.9 Å². The Hall–Kier alpha value is -3.26. The fourth-order valence-electron chi connectivity index (χ4n) is 2.65. The number of rotatable bonds is 6. The van der Waals surface area contributed by atoms with Gasteiger partial charge in [0.05, 0.1) is 36.6 Å². The van der Waals surface area contributed by atoms with Gasteiger partial charge in [-0.05, 0) is 12.1 Å². The molecular weight excluding hydrogens is 318 g/mol. The first-order valence-electron chi connectivity index (χ1n) is 7.95. The van der Waals surface area contributed by atoms with Crippen LogP contribution in [0.3, 0.4) is 0 Å². The third kappa shape index (κ3) is 3.07. The smallest absolute Gasteiger partial charge is 0.163 e. The molecule has 0 radical (unpaired) electrons. The highest BCUT2D eigenvalue weighted by Gasteiger charge is 2.09. The van der Waals surface area contributed by atoms with Gasteiger partial charge in [-0.2, -0.15) is 10.2 Å². The minimum Gasteiger partial charge on any atom is -0.394 e. The largest absolute Gasteiger partial charge is 0.394 e. The molecular formula is C17H17N7O. The van der Waals surface area contributed by atoms with Crippen molar-refractivity contribution in [3.8, 4) is 5.69 Å². The summed E-state index contributed by atoms with van der Waals surface area (Å²) in [6.45, 7) is 1.01. The third-order valence-corrected chi connectivity index (χ3v) is 3.86. The van der Waals surface area contributed by atoms with Crippen LogP contribution in [0.15, 0.2) is 55.2 Å². The lowest BCUT2D eigenvalue weighted by atomic mass is 10.3. The van der Waals surface area contributed by atoms with Crippen LogP contribution in [0.4, 0.5) is 5.82 Å². The second-order valence-electron chi connectivity index (χ2n) is 5.53. The Bertz CT molecular complexity index is 977. The van der Waals surface area contributed by atoms with Crippen LogP contribution in [0.1, 0.15) is 5.56 Å². The Morgan fingerprint density at radius 2 is 1.92 bits per heavy atom. The minimum atomic E-state index is 0.0161. The summed E-state index contributed by atoms with van der Waals surface area (Å²) in [6, 6.07) is 9.96. The van der Waals surface area contributed by atoms with Gasteiger partial charge in [-0.15, -0.1) is 0 Å². The predicted molar refractivity (Wildman–Crippen MR) is 93.3 cm³/mol. The lowest BCUT2D eigenvalue weighted by Crippen LogP contribution is -2.05. The normalized spacial score (nSPS) is 11.1. The fraction of sp³-hybridized carbons (Fsp3) is 0.176. The van der Waals surface area contributed by atoms with E-state index in [1.165, 1.54) is 6.33 Å². The summed E-state index contributed by atoms with van der Waals surface area (Å²) in [7, 11) is 0. The third-order valence-electron chi connectivity index (χ3n) is 3.86. The molecule has 0 aliphatic rings. The minimum absolute atomic E-state index is 0.0161. The van der Waals surface area contributed by atoms with Crippen molar-refractivity contribution in [1.29, 1.82) is 0 Å². The number of aliphatic hydroxyl groups is 1. The molecule has 3 aromatic heterocycles. The molecule has 126 valence electrons. The number of benzene rings is 1. The van der Waals surface area contributed by atoms with Crippen LogP contribution in [-0.4, -0.2) is 41.2 Å². The summed E-state index contributed by atoms with van der Waals surface area (Å²) in [4.78, 5) is 8.54. The van der Waals surface area contributed by atoms with E-state index in [4.69, 9.17) is 5.11 Å². The van der Waals surface area contributed by atoms with Crippen molar-refractivity contribution in [2.45, 2.75) is 13.1 Å². The Morgan fingerprint density at radius 3 is 2.76 bits per heavy atom. The molecule has 0 aliphatic carbocycles. The molecule has 4 rings (SSSR count). The van der Waals surface area contributed by atoms with E-state index in [0.717, 1.165) is 16.6 Å². The molecule has 0 amide bonds. The topological polar surface area (TPSA) is 93.7 Å². The first kappa shape index (κ1) is 15.3. The van der Waals surface area contributed by atoms with Crippen molar-refractivity contribution in [3.05, 3.63) is 60.8 Å².